The summed E-state index contributed by atoms with van der Waals surface area (Å²) in [7, 11) is 0. The average molecular weight is 276 g/mol. The van der Waals surface area contributed by atoms with Gasteiger partial charge in [-0.25, -0.2) is 8.81 Å². The molecular formula is C15H11ClFNO. The van der Waals surface area contributed by atoms with E-state index in [1.54, 1.807) is 18.2 Å². The Kier molecular flexibility index (Phi) is 2.79. The van der Waals surface area contributed by atoms with Gasteiger partial charge in [0.15, 0.2) is 0 Å². The van der Waals surface area contributed by atoms with Crippen molar-refractivity contribution in [1.29, 1.82) is 0 Å². The van der Waals surface area contributed by atoms with Gasteiger partial charge in [-0.1, -0.05) is 12.1 Å². The van der Waals surface area contributed by atoms with Gasteiger partial charge >= 0.3 is 0 Å². The Morgan fingerprint density at radius 3 is 2.47 bits per heavy atom. The van der Waals surface area contributed by atoms with E-state index < -0.39 is 0 Å². The van der Waals surface area contributed by atoms with Crippen molar-refractivity contribution < 1.29 is 9.18 Å². The lowest BCUT2D eigenvalue weighted by Gasteiger charge is -2.12. The Morgan fingerprint density at radius 2 is 1.79 bits per heavy atom. The zero-order chi connectivity index (χ0) is 13.6. The van der Waals surface area contributed by atoms with Crippen LogP contribution in [0.1, 0.15) is 18.1 Å². The van der Waals surface area contributed by atoms with E-state index in [1.165, 1.54) is 13.0 Å². The van der Waals surface area contributed by atoms with E-state index in [2.05, 4.69) is 0 Å². The Bertz CT molecular complexity index is 684. The maximum absolute atomic E-state index is 13.2. The second-order valence-electron chi connectivity index (χ2n) is 4.62. The summed E-state index contributed by atoms with van der Waals surface area (Å²) in [5, 5.41) is 0. The molecule has 0 atom stereocenters. The average Bonchev–Trinajstić information content (AvgIpc) is 2.73. The van der Waals surface area contributed by atoms with E-state index in [-0.39, 0.29) is 11.7 Å². The van der Waals surface area contributed by atoms with Gasteiger partial charge in [-0.2, -0.15) is 0 Å². The number of anilines is 1. The highest BCUT2D eigenvalue weighted by atomic mass is 35.5. The zero-order valence-electron chi connectivity index (χ0n) is 10.3. The van der Waals surface area contributed by atoms with Crippen LogP contribution in [-0.4, -0.2) is 5.91 Å². The fourth-order valence-corrected chi connectivity index (χ4v) is 2.57. The summed E-state index contributed by atoms with van der Waals surface area (Å²) in [4.78, 5) is 11.3. The molecule has 0 saturated heterocycles. The molecule has 0 heterocycles. The number of hydrogen-bond acceptors (Lipinski definition) is 1. The van der Waals surface area contributed by atoms with Gasteiger partial charge in [-0.15, -0.1) is 0 Å². The van der Waals surface area contributed by atoms with E-state index in [0.717, 1.165) is 26.7 Å². The van der Waals surface area contributed by atoms with E-state index >= 15 is 0 Å². The van der Waals surface area contributed by atoms with Crippen molar-refractivity contribution in [3.05, 3.63) is 53.3 Å². The topological polar surface area (TPSA) is 20.3 Å². The number of rotatable bonds is 1. The van der Waals surface area contributed by atoms with Crippen LogP contribution in [0.25, 0.3) is 11.1 Å². The van der Waals surface area contributed by atoms with Crippen molar-refractivity contribution in [2.24, 2.45) is 0 Å². The third-order valence-corrected chi connectivity index (χ3v) is 3.76. The molecule has 0 unspecified atom stereocenters. The molecule has 3 rings (SSSR count). The second-order valence-corrected chi connectivity index (χ2v) is 4.96. The third-order valence-electron chi connectivity index (χ3n) is 3.33. The molecule has 0 fully saturated rings. The number of hydrogen-bond donors (Lipinski definition) is 0. The SMILES string of the molecule is CC(=O)N(Cl)c1ccc2c(c1)Cc1cc(F)ccc1-2. The first-order valence-corrected chi connectivity index (χ1v) is 6.28. The number of halogens is 2. The van der Waals surface area contributed by atoms with Crippen molar-refractivity contribution in [2.45, 2.75) is 13.3 Å². The number of nitrogens with zero attached hydrogens (tertiary/aromatic N) is 1. The highest BCUT2D eigenvalue weighted by Gasteiger charge is 2.20. The van der Waals surface area contributed by atoms with E-state index in [0.29, 0.717) is 12.1 Å². The van der Waals surface area contributed by atoms with Gasteiger partial charge in [0.05, 0.1) is 5.69 Å². The minimum atomic E-state index is -0.233. The van der Waals surface area contributed by atoms with Crippen LogP contribution in [0.2, 0.25) is 0 Å². The molecule has 4 heteroatoms. The summed E-state index contributed by atoms with van der Waals surface area (Å²) in [6.07, 6.45) is 0.666. The number of amides is 1. The van der Waals surface area contributed by atoms with Crippen LogP contribution in [0.4, 0.5) is 10.1 Å². The van der Waals surface area contributed by atoms with Gasteiger partial charge in [0.1, 0.15) is 5.82 Å². The Labute approximate surface area is 115 Å². The lowest BCUT2D eigenvalue weighted by Crippen LogP contribution is -2.16. The van der Waals surface area contributed by atoms with Gasteiger partial charge in [0.25, 0.3) is 0 Å². The monoisotopic (exact) mass is 275 g/mol. The van der Waals surface area contributed by atoms with Crippen LogP contribution in [0, 0.1) is 5.82 Å². The molecule has 1 amide bonds. The molecule has 1 aliphatic carbocycles. The molecule has 0 N–H and O–H groups in total. The number of carbonyl (C=O) groups excluding carboxylic acids is 1. The zero-order valence-corrected chi connectivity index (χ0v) is 11.0. The van der Waals surface area contributed by atoms with E-state index in [1.807, 2.05) is 12.1 Å². The molecular weight excluding hydrogens is 265 g/mol. The molecule has 1 aliphatic rings. The van der Waals surface area contributed by atoms with E-state index in [9.17, 15) is 9.18 Å². The van der Waals surface area contributed by atoms with Crippen molar-refractivity contribution in [1.82, 2.24) is 0 Å². The van der Waals surface area contributed by atoms with Crippen LogP contribution < -0.4 is 4.42 Å². The number of benzene rings is 2. The van der Waals surface area contributed by atoms with Crippen molar-refractivity contribution in [3.8, 4) is 11.1 Å². The molecule has 2 nitrogen and oxygen atoms in total. The molecule has 2 aromatic carbocycles. The molecule has 0 saturated carbocycles. The first-order chi connectivity index (χ1) is 9.06. The maximum atomic E-state index is 13.2. The van der Waals surface area contributed by atoms with Crippen LogP contribution in [0.15, 0.2) is 36.4 Å². The fraction of sp³-hybridized carbons (Fsp3) is 0.133. The summed E-state index contributed by atoms with van der Waals surface area (Å²) in [5.41, 5.74) is 4.79. The normalized spacial score (nSPS) is 11.9. The van der Waals surface area contributed by atoms with Gasteiger partial charge < -0.3 is 0 Å². The van der Waals surface area contributed by atoms with Crippen LogP contribution in [0.5, 0.6) is 0 Å². The molecule has 0 aromatic heterocycles. The lowest BCUT2D eigenvalue weighted by molar-refractivity contribution is -0.115. The minimum absolute atomic E-state index is 0.227. The van der Waals surface area contributed by atoms with Crippen LogP contribution in [-0.2, 0) is 11.2 Å². The molecule has 0 bridgehead atoms. The maximum Gasteiger partial charge on any atom is 0.238 e. The van der Waals surface area contributed by atoms with Gasteiger partial charge in [0.2, 0.25) is 5.91 Å². The number of fused-ring (bicyclic) bond motifs is 3. The molecule has 2 aromatic rings. The minimum Gasteiger partial charge on any atom is -0.274 e. The van der Waals surface area contributed by atoms with Gasteiger partial charge in [0, 0.05) is 18.7 Å². The molecule has 0 spiro atoms. The molecule has 96 valence electrons. The van der Waals surface area contributed by atoms with Gasteiger partial charge in [-0.3, -0.25) is 4.79 Å². The number of carbonyl (C=O) groups is 1. The fourth-order valence-electron chi connectivity index (χ4n) is 2.47. The summed E-state index contributed by atoms with van der Waals surface area (Å²) < 4.78 is 14.3. The van der Waals surface area contributed by atoms with Crippen molar-refractivity contribution in [3.63, 3.8) is 0 Å². The quantitative estimate of drug-likeness (QED) is 0.617. The van der Waals surface area contributed by atoms with Crippen LogP contribution in [0.3, 0.4) is 0 Å². The summed E-state index contributed by atoms with van der Waals surface area (Å²) in [6.45, 7) is 1.41. The lowest BCUT2D eigenvalue weighted by atomic mass is 10.1. The predicted octanol–water partition coefficient (Wildman–Crippen LogP) is 3.90. The summed E-state index contributed by atoms with van der Waals surface area (Å²) in [6, 6.07) is 10.4. The van der Waals surface area contributed by atoms with Crippen molar-refractivity contribution in [2.75, 3.05) is 4.42 Å². The Morgan fingerprint density at radius 1 is 1.16 bits per heavy atom. The highest BCUT2D eigenvalue weighted by Crippen LogP contribution is 2.38. The van der Waals surface area contributed by atoms with E-state index in [4.69, 9.17) is 11.8 Å². The summed E-state index contributed by atoms with van der Waals surface area (Å²) >= 11 is 5.90. The summed E-state index contributed by atoms with van der Waals surface area (Å²) in [5.74, 6) is -0.461. The molecule has 0 radical (unpaired) electrons. The van der Waals surface area contributed by atoms with Gasteiger partial charge in [-0.05, 0) is 52.9 Å². The first-order valence-electron chi connectivity index (χ1n) is 5.94. The highest BCUT2D eigenvalue weighted by molar-refractivity contribution is 6.36. The van der Waals surface area contributed by atoms with Crippen LogP contribution >= 0.6 is 11.8 Å². The second kappa shape index (κ2) is 4.35. The largest absolute Gasteiger partial charge is 0.274 e. The Hall–Kier alpha value is -1.87. The Balaban J connectivity index is 2.05. The van der Waals surface area contributed by atoms with Crippen molar-refractivity contribution >= 4 is 23.4 Å². The predicted molar refractivity (Wildman–Crippen MR) is 73.7 cm³/mol. The molecule has 19 heavy (non-hydrogen) atoms. The third kappa shape index (κ3) is 2.00. The first kappa shape index (κ1) is 12.2. The smallest absolute Gasteiger partial charge is 0.238 e. The molecule has 0 aliphatic heterocycles. The standard InChI is InChI=1S/C15H11ClFNO/c1-9(19)18(16)13-3-5-15-11(8-13)6-10-7-12(17)2-4-14(10)15/h2-5,7-8H,6H2,1H3.